The minimum atomic E-state index is -0.652. The fourth-order valence-corrected chi connectivity index (χ4v) is 4.66. The molecule has 180 valence electrons. The quantitative estimate of drug-likeness (QED) is 0.538. The Balaban J connectivity index is 1.73. The second kappa shape index (κ2) is 12.0. The molecule has 0 spiro atoms. The van der Waals surface area contributed by atoms with Gasteiger partial charge < -0.3 is 14.4 Å². The maximum absolute atomic E-state index is 13.6. The third-order valence-electron chi connectivity index (χ3n) is 6.30. The summed E-state index contributed by atoms with van der Waals surface area (Å²) in [6, 6.07) is 7.69. The van der Waals surface area contributed by atoms with E-state index in [-0.39, 0.29) is 24.5 Å². The van der Waals surface area contributed by atoms with E-state index in [0.29, 0.717) is 19.4 Å². The number of hydrogen-bond acceptors (Lipinski definition) is 6. The molecule has 3 atom stereocenters. The molecule has 3 rings (SSSR count). The fourth-order valence-electron chi connectivity index (χ4n) is 4.66. The molecule has 2 aliphatic rings. The number of nitrogens with one attached hydrogen (secondary N) is 1. The molecule has 0 fully saturated rings. The van der Waals surface area contributed by atoms with Gasteiger partial charge in [0.25, 0.3) is 0 Å². The van der Waals surface area contributed by atoms with Crippen LogP contribution in [-0.4, -0.2) is 47.5 Å². The van der Waals surface area contributed by atoms with E-state index in [1.165, 1.54) is 5.57 Å². The van der Waals surface area contributed by atoms with Crippen LogP contribution in [0.5, 0.6) is 0 Å². The summed E-state index contributed by atoms with van der Waals surface area (Å²) < 4.78 is 10.8. The lowest BCUT2D eigenvalue weighted by atomic mass is 9.96. The Bertz CT molecular complexity index is 867. The van der Waals surface area contributed by atoms with Gasteiger partial charge in [-0.1, -0.05) is 43.7 Å². The Hall–Kier alpha value is -2.67. The summed E-state index contributed by atoms with van der Waals surface area (Å²) in [5, 5.41) is 3.15. The molecule has 33 heavy (non-hydrogen) atoms. The smallest absolute Gasteiger partial charge is 0.329 e. The second-order valence-corrected chi connectivity index (χ2v) is 8.76. The molecule has 0 bridgehead atoms. The van der Waals surface area contributed by atoms with Gasteiger partial charge in [0.2, 0.25) is 5.91 Å². The van der Waals surface area contributed by atoms with Crippen molar-refractivity contribution in [3.8, 4) is 0 Å². The molecule has 0 aromatic heterocycles. The lowest BCUT2D eigenvalue weighted by molar-refractivity contribution is -0.155. The van der Waals surface area contributed by atoms with E-state index in [0.717, 1.165) is 43.4 Å². The van der Waals surface area contributed by atoms with Gasteiger partial charge in [-0.15, -0.1) is 0 Å². The Kier molecular flexibility index (Phi) is 9.06. The SMILES string of the molecule is CCC[C@H](N[C@@H](C)C(=O)N1C2=C(CCCC2)C[C@H]1C(=O)OCc1ccccc1)C(=O)OCC. The number of carbonyl (C=O) groups is 3. The van der Waals surface area contributed by atoms with Gasteiger partial charge >= 0.3 is 11.9 Å². The van der Waals surface area contributed by atoms with Crippen LogP contribution in [0.3, 0.4) is 0 Å². The van der Waals surface area contributed by atoms with Gasteiger partial charge in [-0.25, -0.2) is 4.79 Å². The Morgan fingerprint density at radius 1 is 1.09 bits per heavy atom. The van der Waals surface area contributed by atoms with Crippen LogP contribution in [0.15, 0.2) is 41.6 Å². The van der Waals surface area contributed by atoms with Crippen molar-refractivity contribution < 1.29 is 23.9 Å². The van der Waals surface area contributed by atoms with Crippen molar-refractivity contribution in [2.75, 3.05) is 6.61 Å². The molecule has 1 N–H and O–H groups in total. The van der Waals surface area contributed by atoms with E-state index in [1.54, 1.807) is 18.7 Å². The maximum atomic E-state index is 13.6. The van der Waals surface area contributed by atoms with Gasteiger partial charge in [0.05, 0.1) is 12.6 Å². The molecule has 0 unspecified atom stereocenters. The third-order valence-corrected chi connectivity index (χ3v) is 6.30. The number of benzene rings is 1. The molecule has 7 heteroatoms. The fraction of sp³-hybridized carbons (Fsp3) is 0.577. The summed E-state index contributed by atoms with van der Waals surface area (Å²) in [6.45, 7) is 5.97. The number of allylic oxidation sites excluding steroid dienone is 1. The van der Waals surface area contributed by atoms with Crippen molar-refractivity contribution in [3.63, 3.8) is 0 Å². The summed E-state index contributed by atoms with van der Waals surface area (Å²) >= 11 is 0. The van der Waals surface area contributed by atoms with Crippen LogP contribution in [-0.2, 0) is 30.5 Å². The minimum absolute atomic E-state index is 0.179. The van der Waals surface area contributed by atoms with Crippen LogP contribution in [0, 0.1) is 0 Å². The zero-order valence-electron chi connectivity index (χ0n) is 20.0. The number of nitrogens with zero attached hydrogens (tertiary/aromatic N) is 1. The number of esters is 2. The zero-order valence-corrected chi connectivity index (χ0v) is 20.0. The average molecular weight is 457 g/mol. The molecule has 1 amide bonds. The minimum Gasteiger partial charge on any atom is -0.465 e. The monoisotopic (exact) mass is 456 g/mol. The van der Waals surface area contributed by atoms with Gasteiger partial charge in [0, 0.05) is 12.1 Å². The number of rotatable bonds is 10. The highest BCUT2D eigenvalue weighted by molar-refractivity contribution is 5.91. The van der Waals surface area contributed by atoms with Crippen molar-refractivity contribution in [1.82, 2.24) is 10.2 Å². The Morgan fingerprint density at radius 3 is 2.52 bits per heavy atom. The van der Waals surface area contributed by atoms with Crippen molar-refractivity contribution in [2.45, 2.75) is 90.4 Å². The first-order chi connectivity index (χ1) is 16.0. The molecule has 1 aromatic rings. The lowest BCUT2D eigenvalue weighted by Gasteiger charge is -2.31. The van der Waals surface area contributed by atoms with E-state index in [2.05, 4.69) is 5.32 Å². The molecule has 0 saturated carbocycles. The average Bonchev–Trinajstić information content (AvgIpc) is 3.22. The second-order valence-electron chi connectivity index (χ2n) is 8.76. The van der Waals surface area contributed by atoms with Crippen LogP contribution in [0.2, 0.25) is 0 Å². The van der Waals surface area contributed by atoms with E-state index in [4.69, 9.17) is 9.47 Å². The Labute approximate surface area is 196 Å². The summed E-state index contributed by atoms with van der Waals surface area (Å²) in [4.78, 5) is 40.6. The van der Waals surface area contributed by atoms with Crippen molar-refractivity contribution in [2.24, 2.45) is 0 Å². The first kappa shape index (κ1) is 25.0. The largest absolute Gasteiger partial charge is 0.465 e. The van der Waals surface area contributed by atoms with Gasteiger partial charge in [-0.05, 0) is 57.1 Å². The lowest BCUT2D eigenvalue weighted by Crippen LogP contribution is -2.53. The highest BCUT2D eigenvalue weighted by Crippen LogP contribution is 2.39. The normalized spacial score (nSPS) is 19.6. The zero-order chi connectivity index (χ0) is 23.8. The summed E-state index contributed by atoms with van der Waals surface area (Å²) in [5.41, 5.74) is 3.05. The Morgan fingerprint density at radius 2 is 1.82 bits per heavy atom. The molecule has 7 nitrogen and oxygen atoms in total. The van der Waals surface area contributed by atoms with Crippen molar-refractivity contribution in [3.05, 3.63) is 47.2 Å². The van der Waals surface area contributed by atoms with Gasteiger partial charge in [0.15, 0.2) is 0 Å². The predicted octanol–water partition coefficient (Wildman–Crippen LogP) is 3.87. The molecular formula is C26H36N2O5. The number of carbonyl (C=O) groups excluding carboxylic acids is 3. The first-order valence-corrected chi connectivity index (χ1v) is 12.1. The van der Waals surface area contributed by atoms with E-state index in [1.807, 2.05) is 37.3 Å². The van der Waals surface area contributed by atoms with Crippen molar-refractivity contribution in [1.29, 1.82) is 0 Å². The number of amides is 1. The first-order valence-electron chi connectivity index (χ1n) is 12.1. The van der Waals surface area contributed by atoms with Gasteiger partial charge in [-0.3, -0.25) is 14.9 Å². The van der Waals surface area contributed by atoms with Gasteiger partial charge in [0.1, 0.15) is 18.7 Å². The van der Waals surface area contributed by atoms with Crippen LogP contribution in [0.1, 0.15) is 71.3 Å². The van der Waals surface area contributed by atoms with Crippen LogP contribution < -0.4 is 5.32 Å². The third kappa shape index (κ3) is 6.22. The summed E-state index contributed by atoms with van der Waals surface area (Å²) in [6.07, 6.45) is 5.64. The van der Waals surface area contributed by atoms with Crippen LogP contribution in [0.25, 0.3) is 0 Å². The van der Waals surface area contributed by atoms with Crippen LogP contribution in [0.4, 0.5) is 0 Å². The molecule has 0 saturated heterocycles. The highest BCUT2D eigenvalue weighted by atomic mass is 16.5. The molecule has 0 radical (unpaired) electrons. The van der Waals surface area contributed by atoms with E-state index in [9.17, 15) is 14.4 Å². The molecule has 1 aromatic carbocycles. The van der Waals surface area contributed by atoms with Crippen molar-refractivity contribution >= 4 is 17.8 Å². The maximum Gasteiger partial charge on any atom is 0.329 e. The molecule has 1 heterocycles. The van der Waals surface area contributed by atoms with E-state index >= 15 is 0 Å². The molecule has 1 aliphatic carbocycles. The summed E-state index contributed by atoms with van der Waals surface area (Å²) in [5.74, 6) is -0.935. The molecule has 1 aliphatic heterocycles. The number of hydrogen-bond donors (Lipinski definition) is 1. The standard InChI is InChI=1S/C26H36N2O5/c1-4-11-21(25(30)32-5-2)27-18(3)24(29)28-22-15-10-9-14-20(22)16-23(28)26(31)33-17-19-12-7-6-8-13-19/h6-8,12-13,18,21,23,27H,4-5,9-11,14-17H2,1-3H3/t18-,21-,23-/m0/s1. The highest BCUT2D eigenvalue weighted by Gasteiger charge is 2.43. The number of ether oxygens (including phenoxy) is 2. The molecular weight excluding hydrogens is 420 g/mol. The predicted molar refractivity (Wildman–Crippen MR) is 125 cm³/mol. The summed E-state index contributed by atoms with van der Waals surface area (Å²) in [7, 11) is 0. The van der Waals surface area contributed by atoms with Crippen LogP contribution >= 0.6 is 0 Å². The van der Waals surface area contributed by atoms with Gasteiger partial charge in [-0.2, -0.15) is 0 Å². The van der Waals surface area contributed by atoms with E-state index < -0.39 is 18.1 Å². The topological polar surface area (TPSA) is 84.9 Å².